The SMILES string of the molecule is CS(=O)(=O)CCNCC(C(N)=NO)c1ccccc1. The molecule has 0 saturated heterocycles. The molecule has 0 aliphatic heterocycles. The molecule has 4 N–H and O–H groups in total. The third kappa shape index (κ3) is 5.71. The number of oxime groups is 1. The number of nitrogens with two attached hydrogens (primary N) is 1. The highest BCUT2D eigenvalue weighted by molar-refractivity contribution is 7.90. The molecule has 0 bridgehead atoms. The van der Waals surface area contributed by atoms with E-state index in [1.54, 1.807) is 0 Å². The first-order valence-corrected chi connectivity index (χ1v) is 7.91. The summed E-state index contributed by atoms with van der Waals surface area (Å²) in [4.78, 5) is 0. The Balaban J connectivity index is 2.63. The summed E-state index contributed by atoms with van der Waals surface area (Å²) >= 11 is 0. The van der Waals surface area contributed by atoms with Crippen LogP contribution >= 0.6 is 0 Å². The summed E-state index contributed by atoms with van der Waals surface area (Å²) in [5.41, 5.74) is 6.57. The van der Waals surface area contributed by atoms with Gasteiger partial charge >= 0.3 is 0 Å². The highest BCUT2D eigenvalue weighted by Crippen LogP contribution is 2.14. The Morgan fingerprint density at radius 2 is 2.05 bits per heavy atom. The maximum Gasteiger partial charge on any atom is 0.148 e. The smallest absolute Gasteiger partial charge is 0.148 e. The molecule has 1 unspecified atom stereocenters. The summed E-state index contributed by atoms with van der Waals surface area (Å²) in [6.07, 6.45) is 1.19. The minimum atomic E-state index is -2.99. The van der Waals surface area contributed by atoms with Crippen LogP contribution in [0.25, 0.3) is 0 Å². The second kappa shape index (κ2) is 7.10. The summed E-state index contributed by atoms with van der Waals surface area (Å²) in [5.74, 6) is -0.131. The topological polar surface area (TPSA) is 105 Å². The van der Waals surface area contributed by atoms with Crippen molar-refractivity contribution >= 4 is 15.7 Å². The predicted molar refractivity (Wildman–Crippen MR) is 75.2 cm³/mol. The van der Waals surface area contributed by atoms with Crippen LogP contribution in [0.15, 0.2) is 35.5 Å². The van der Waals surface area contributed by atoms with Gasteiger partial charge in [0.1, 0.15) is 15.7 Å². The standard InChI is InChI=1S/C12H19N3O3S/c1-19(17,18)8-7-14-9-11(12(13)15-16)10-5-3-2-4-6-10/h2-6,11,14,16H,7-9H2,1H3,(H2,13,15). The molecule has 1 aromatic rings. The van der Waals surface area contributed by atoms with E-state index < -0.39 is 9.84 Å². The minimum Gasteiger partial charge on any atom is -0.409 e. The molecule has 0 aliphatic carbocycles. The van der Waals surface area contributed by atoms with Crippen LogP contribution < -0.4 is 11.1 Å². The molecular weight excluding hydrogens is 266 g/mol. The van der Waals surface area contributed by atoms with Crippen LogP contribution in [0, 0.1) is 0 Å². The van der Waals surface area contributed by atoms with Gasteiger partial charge in [-0.15, -0.1) is 0 Å². The fourth-order valence-corrected chi connectivity index (χ4v) is 2.17. The number of benzene rings is 1. The van der Waals surface area contributed by atoms with Crippen LogP contribution in [0.4, 0.5) is 0 Å². The number of nitrogens with one attached hydrogen (secondary N) is 1. The quantitative estimate of drug-likeness (QED) is 0.217. The zero-order valence-corrected chi connectivity index (χ0v) is 11.6. The Bertz CT molecular complexity index is 514. The highest BCUT2D eigenvalue weighted by Gasteiger charge is 2.16. The van der Waals surface area contributed by atoms with Gasteiger partial charge in [0.2, 0.25) is 0 Å². The Labute approximate surface area is 113 Å². The lowest BCUT2D eigenvalue weighted by Crippen LogP contribution is -2.33. The molecule has 0 aliphatic rings. The normalized spacial score (nSPS) is 14.3. The summed E-state index contributed by atoms with van der Waals surface area (Å²) in [7, 11) is -2.99. The minimum absolute atomic E-state index is 0.0602. The lowest BCUT2D eigenvalue weighted by molar-refractivity contribution is 0.315. The van der Waals surface area contributed by atoms with E-state index in [2.05, 4.69) is 10.5 Å². The Morgan fingerprint density at radius 1 is 1.42 bits per heavy atom. The summed E-state index contributed by atoms with van der Waals surface area (Å²) in [6, 6.07) is 9.36. The van der Waals surface area contributed by atoms with Crippen LogP contribution in [0.1, 0.15) is 11.5 Å². The zero-order valence-electron chi connectivity index (χ0n) is 10.8. The Morgan fingerprint density at radius 3 is 2.58 bits per heavy atom. The fraction of sp³-hybridized carbons (Fsp3) is 0.417. The lowest BCUT2D eigenvalue weighted by atomic mass is 9.98. The monoisotopic (exact) mass is 285 g/mol. The number of rotatable bonds is 7. The number of hydrogen-bond acceptors (Lipinski definition) is 5. The number of sulfone groups is 1. The summed E-state index contributed by atoms with van der Waals surface area (Å²) in [6.45, 7) is 0.746. The largest absolute Gasteiger partial charge is 0.409 e. The third-order valence-electron chi connectivity index (χ3n) is 2.67. The van der Waals surface area contributed by atoms with Crippen molar-refractivity contribution in [2.75, 3.05) is 25.1 Å². The summed E-state index contributed by atoms with van der Waals surface area (Å²) < 4.78 is 22.0. The maximum absolute atomic E-state index is 11.0. The van der Waals surface area contributed by atoms with E-state index in [1.807, 2.05) is 30.3 Å². The van der Waals surface area contributed by atoms with Gasteiger partial charge in [-0.25, -0.2) is 8.42 Å². The third-order valence-corrected chi connectivity index (χ3v) is 3.62. The van der Waals surface area contributed by atoms with Crippen LogP contribution in [0.5, 0.6) is 0 Å². The molecular formula is C12H19N3O3S. The number of amidine groups is 1. The maximum atomic E-state index is 11.0. The summed E-state index contributed by atoms with van der Waals surface area (Å²) in [5, 5.41) is 14.8. The van der Waals surface area contributed by atoms with E-state index in [1.165, 1.54) is 6.26 Å². The Hall–Kier alpha value is -1.60. The number of nitrogens with zero attached hydrogens (tertiary/aromatic N) is 1. The van der Waals surface area contributed by atoms with Crippen LogP contribution in [-0.4, -0.2) is 44.6 Å². The second-order valence-corrected chi connectivity index (χ2v) is 6.58. The van der Waals surface area contributed by atoms with Gasteiger partial charge < -0.3 is 16.3 Å². The molecule has 0 aromatic heterocycles. The molecule has 106 valence electrons. The molecule has 0 saturated carbocycles. The molecule has 7 heteroatoms. The van der Waals surface area contributed by atoms with Crippen molar-refractivity contribution in [2.45, 2.75) is 5.92 Å². The van der Waals surface area contributed by atoms with Crippen LogP contribution in [0.3, 0.4) is 0 Å². The van der Waals surface area contributed by atoms with Gasteiger partial charge in [0.15, 0.2) is 0 Å². The van der Waals surface area contributed by atoms with Crippen LogP contribution in [0.2, 0.25) is 0 Å². The molecule has 0 radical (unpaired) electrons. The van der Waals surface area contributed by atoms with Crippen molar-refractivity contribution in [3.05, 3.63) is 35.9 Å². The first-order chi connectivity index (χ1) is 8.94. The van der Waals surface area contributed by atoms with Crippen LogP contribution in [-0.2, 0) is 9.84 Å². The van der Waals surface area contributed by atoms with E-state index in [-0.39, 0.29) is 17.5 Å². The van der Waals surface area contributed by atoms with Crippen molar-refractivity contribution in [3.63, 3.8) is 0 Å². The first-order valence-electron chi connectivity index (χ1n) is 5.85. The molecule has 0 amide bonds. The average molecular weight is 285 g/mol. The molecule has 1 rings (SSSR count). The first kappa shape index (κ1) is 15.5. The van der Waals surface area contributed by atoms with Gasteiger partial charge in [-0.1, -0.05) is 35.5 Å². The molecule has 0 heterocycles. The van der Waals surface area contributed by atoms with Crippen molar-refractivity contribution in [1.29, 1.82) is 0 Å². The van der Waals surface area contributed by atoms with Crippen molar-refractivity contribution in [3.8, 4) is 0 Å². The number of hydrogen-bond donors (Lipinski definition) is 3. The van der Waals surface area contributed by atoms with Crippen molar-refractivity contribution in [2.24, 2.45) is 10.9 Å². The van der Waals surface area contributed by atoms with Gasteiger partial charge in [-0.05, 0) is 5.56 Å². The van der Waals surface area contributed by atoms with Crippen molar-refractivity contribution in [1.82, 2.24) is 5.32 Å². The van der Waals surface area contributed by atoms with Gasteiger partial charge in [-0.2, -0.15) is 0 Å². The molecule has 1 atom stereocenters. The fourth-order valence-electron chi connectivity index (χ4n) is 1.65. The van der Waals surface area contributed by atoms with Gasteiger partial charge in [0.25, 0.3) is 0 Å². The molecule has 6 nitrogen and oxygen atoms in total. The Kier molecular flexibility index (Phi) is 5.78. The zero-order chi connectivity index (χ0) is 14.3. The molecule has 0 spiro atoms. The highest BCUT2D eigenvalue weighted by atomic mass is 32.2. The van der Waals surface area contributed by atoms with Gasteiger partial charge in [0, 0.05) is 19.3 Å². The second-order valence-electron chi connectivity index (χ2n) is 4.32. The van der Waals surface area contributed by atoms with E-state index in [9.17, 15) is 8.42 Å². The van der Waals surface area contributed by atoms with E-state index >= 15 is 0 Å². The average Bonchev–Trinajstić information content (AvgIpc) is 2.38. The van der Waals surface area contributed by atoms with E-state index in [0.29, 0.717) is 13.1 Å². The molecule has 1 aromatic carbocycles. The predicted octanol–water partition coefficient (Wildman–Crippen LogP) is 0.151. The van der Waals surface area contributed by atoms with E-state index in [0.717, 1.165) is 5.56 Å². The van der Waals surface area contributed by atoms with E-state index in [4.69, 9.17) is 10.9 Å². The van der Waals surface area contributed by atoms with Gasteiger partial charge in [-0.3, -0.25) is 0 Å². The molecule has 19 heavy (non-hydrogen) atoms. The van der Waals surface area contributed by atoms with Gasteiger partial charge in [0.05, 0.1) is 11.7 Å². The molecule has 0 fully saturated rings. The lowest BCUT2D eigenvalue weighted by Gasteiger charge is -2.16. The van der Waals surface area contributed by atoms with Crippen molar-refractivity contribution < 1.29 is 13.6 Å².